The number of nitrogens with one attached hydrogen (secondary N) is 1. The van der Waals surface area contributed by atoms with Crippen LogP contribution in [0.1, 0.15) is 49.2 Å². The Kier molecular flexibility index (Phi) is 5.58. The highest BCUT2D eigenvalue weighted by Crippen LogP contribution is 2.21. The molecule has 0 radical (unpaired) electrons. The molecule has 0 bridgehead atoms. The molecule has 0 spiro atoms. The Labute approximate surface area is 135 Å². The van der Waals surface area contributed by atoms with Crippen molar-refractivity contribution < 1.29 is 14.7 Å². The van der Waals surface area contributed by atoms with E-state index in [-0.39, 0.29) is 23.8 Å². The molecule has 23 heavy (non-hydrogen) atoms. The maximum absolute atomic E-state index is 12.6. The Morgan fingerprint density at radius 1 is 1.30 bits per heavy atom. The number of carboxylic acid groups (broad SMARTS) is 1. The van der Waals surface area contributed by atoms with Gasteiger partial charge in [-0.05, 0) is 37.2 Å². The van der Waals surface area contributed by atoms with Gasteiger partial charge in [0.15, 0.2) is 0 Å². The predicted octanol–water partition coefficient (Wildman–Crippen LogP) is 1.90. The molecule has 1 fully saturated rings. The fourth-order valence-corrected chi connectivity index (χ4v) is 3.04. The van der Waals surface area contributed by atoms with Crippen LogP contribution in [-0.2, 0) is 11.2 Å². The molecule has 1 amide bonds. The Bertz CT molecular complexity index is 628. The number of carbonyl (C=O) groups is 2. The fourth-order valence-electron chi connectivity index (χ4n) is 3.04. The standard InChI is InChI=1S/C17H24N2O4/c1-11(2)7-14-9-13(10-15(20)18-14)17(23)19-5-3-12(4-6-19)8-16(21)22/h9-12H,3-8H2,1-2H3,(H,18,20)(H,21,22). The van der Waals surface area contributed by atoms with E-state index in [0.717, 1.165) is 12.1 Å². The lowest BCUT2D eigenvalue weighted by molar-refractivity contribution is -0.138. The van der Waals surface area contributed by atoms with Gasteiger partial charge in [-0.2, -0.15) is 0 Å². The number of hydrogen-bond acceptors (Lipinski definition) is 3. The highest BCUT2D eigenvalue weighted by atomic mass is 16.4. The number of H-pyrrole nitrogens is 1. The molecule has 1 aliphatic rings. The molecular weight excluding hydrogens is 296 g/mol. The Morgan fingerprint density at radius 3 is 2.52 bits per heavy atom. The van der Waals surface area contributed by atoms with Crippen LogP contribution in [0.5, 0.6) is 0 Å². The Hall–Kier alpha value is -2.11. The third-order valence-corrected chi connectivity index (χ3v) is 4.14. The van der Waals surface area contributed by atoms with E-state index in [2.05, 4.69) is 18.8 Å². The minimum atomic E-state index is -0.789. The summed E-state index contributed by atoms with van der Waals surface area (Å²) >= 11 is 0. The Balaban J connectivity index is 2.05. The molecule has 6 heteroatoms. The van der Waals surface area contributed by atoms with Crippen LogP contribution in [0.3, 0.4) is 0 Å². The van der Waals surface area contributed by atoms with Crippen LogP contribution in [0.25, 0.3) is 0 Å². The number of nitrogens with zero attached hydrogens (tertiary/aromatic N) is 1. The number of aromatic nitrogens is 1. The van der Waals surface area contributed by atoms with E-state index in [0.29, 0.717) is 37.4 Å². The molecule has 2 rings (SSSR count). The van der Waals surface area contributed by atoms with Crippen LogP contribution in [0.4, 0.5) is 0 Å². The molecule has 0 aromatic carbocycles. The van der Waals surface area contributed by atoms with Gasteiger partial charge >= 0.3 is 5.97 Å². The molecule has 2 N–H and O–H groups in total. The molecule has 1 saturated heterocycles. The first-order valence-corrected chi connectivity index (χ1v) is 8.09. The van der Waals surface area contributed by atoms with Gasteiger partial charge in [-0.15, -0.1) is 0 Å². The SMILES string of the molecule is CC(C)Cc1cc(C(=O)N2CCC(CC(=O)O)CC2)cc(=O)[nH]1. The first-order chi connectivity index (χ1) is 10.8. The van der Waals surface area contributed by atoms with Gasteiger partial charge in [0.1, 0.15) is 0 Å². The number of aliphatic carboxylic acids is 1. The highest BCUT2D eigenvalue weighted by molar-refractivity contribution is 5.94. The van der Waals surface area contributed by atoms with E-state index >= 15 is 0 Å². The first kappa shape index (κ1) is 17.2. The van der Waals surface area contributed by atoms with Crippen LogP contribution in [0.15, 0.2) is 16.9 Å². The van der Waals surface area contributed by atoms with Crippen molar-refractivity contribution in [3.8, 4) is 0 Å². The van der Waals surface area contributed by atoms with Crippen molar-refractivity contribution in [1.82, 2.24) is 9.88 Å². The molecule has 126 valence electrons. The van der Waals surface area contributed by atoms with Crippen molar-refractivity contribution in [3.05, 3.63) is 33.7 Å². The Morgan fingerprint density at radius 2 is 1.96 bits per heavy atom. The van der Waals surface area contributed by atoms with Crippen LogP contribution >= 0.6 is 0 Å². The van der Waals surface area contributed by atoms with Crippen LogP contribution < -0.4 is 5.56 Å². The van der Waals surface area contributed by atoms with Gasteiger partial charge in [0.2, 0.25) is 5.56 Å². The van der Waals surface area contributed by atoms with Crippen molar-refractivity contribution in [3.63, 3.8) is 0 Å². The summed E-state index contributed by atoms with van der Waals surface area (Å²) in [5.74, 6) is -0.410. The summed E-state index contributed by atoms with van der Waals surface area (Å²) in [6.07, 6.45) is 2.27. The van der Waals surface area contributed by atoms with Gasteiger partial charge in [-0.1, -0.05) is 13.8 Å². The highest BCUT2D eigenvalue weighted by Gasteiger charge is 2.25. The molecule has 0 atom stereocenters. The summed E-state index contributed by atoms with van der Waals surface area (Å²) in [6.45, 7) is 5.20. The van der Waals surface area contributed by atoms with E-state index in [1.54, 1.807) is 11.0 Å². The second kappa shape index (κ2) is 7.44. The second-order valence-corrected chi connectivity index (χ2v) is 6.69. The summed E-state index contributed by atoms with van der Waals surface area (Å²) in [7, 11) is 0. The van der Waals surface area contributed by atoms with Crippen molar-refractivity contribution in [2.45, 2.75) is 39.5 Å². The number of piperidine rings is 1. The van der Waals surface area contributed by atoms with Crippen LogP contribution in [0.2, 0.25) is 0 Å². The van der Waals surface area contributed by atoms with E-state index in [9.17, 15) is 14.4 Å². The average molecular weight is 320 g/mol. The fraction of sp³-hybridized carbons (Fsp3) is 0.588. The molecule has 1 aromatic rings. The third-order valence-electron chi connectivity index (χ3n) is 4.14. The van der Waals surface area contributed by atoms with Crippen molar-refractivity contribution in [2.24, 2.45) is 11.8 Å². The quantitative estimate of drug-likeness (QED) is 0.867. The number of amides is 1. The van der Waals surface area contributed by atoms with E-state index in [1.807, 2.05) is 0 Å². The van der Waals surface area contributed by atoms with Gasteiger partial charge in [-0.3, -0.25) is 14.4 Å². The predicted molar refractivity (Wildman–Crippen MR) is 86.5 cm³/mol. The molecule has 0 unspecified atom stereocenters. The number of likely N-dealkylation sites (tertiary alicyclic amines) is 1. The monoisotopic (exact) mass is 320 g/mol. The molecule has 6 nitrogen and oxygen atoms in total. The minimum Gasteiger partial charge on any atom is -0.481 e. The summed E-state index contributed by atoms with van der Waals surface area (Å²) in [5.41, 5.74) is 0.935. The van der Waals surface area contributed by atoms with Gasteiger partial charge in [0.25, 0.3) is 5.91 Å². The number of hydrogen-bond donors (Lipinski definition) is 2. The lowest BCUT2D eigenvalue weighted by Gasteiger charge is -2.31. The van der Waals surface area contributed by atoms with Crippen molar-refractivity contribution in [1.29, 1.82) is 0 Å². The number of rotatable bonds is 5. The minimum absolute atomic E-state index is 0.132. The summed E-state index contributed by atoms with van der Waals surface area (Å²) in [5, 5.41) is 8.83. The summed E-state index contributed by atoms with van der Waals surface area (Å²) in [4.78, 5) is 39.6. The van der Waals surface area contributed by atoms with E-state index in [4.69, 9.17) is 5.11 Å². The number of carboxylic acids is 1. The number of aromatic amines is 1. The molecule has 2 heterocycles. The summed E-state index contributed by atoms with van der Waals surface area (Å²) < 4.78 is 0. The summed E-state index contributed by atoms with van der Waals surface area (Å²) in [6, 6.07) is 3.10. The first-order valence-electron chi connectivity index (χ1n) is 8.09. The average Bonchev–Trinajstić information content (AvgIpc) is 2.45. The smallest absolute Gasteiger partial charge is 0.303 e. The van der Waals surface area contributed by atoms with Gasteiger partial charge < -0.3 is 15.0 Å². The molecule has 1 aliphatic heterocycles. The largest absolute Gasteiger partial charge is 0.481 e. The number of carbonyl (C=O) groups excluding carboxylic acids is 1. The van der Waals surface area contributed by atoms with Gasteiger partial charge in [0, 0.05) is 36.8 Å². The van der Waals surface area contributed by atoms with Crippen LogP contribution in [0, 0.1) is 11.8 Å². The molecule has 0 saturated carbocycles. The third kappa shape index (κ3) is 4.94. The van der Waals surface area contributed by atoms with Gasteiger partial charge in [-0.25, -0.2) is 0 Å². The maximum atomic E-state index is 12.6. The second-order valence-electron chi connectivity index (χ2n) is 6.69. The lowest BCUT2D eigenvalue weighted by Crippen LogP contribution is -2.39. The van der Waals surface area contributed by atoms with Crippen molar-refractivity contribution in [2.75, 3.05) is 13.1 Å². The number of pyridine rings is 1. The zero-order valence-electron chi connectivity index (χ0n) is 13.7. The van der Waals surface area contributed by atoms with E-state index < -0.39 is 5.97 Å². The molecule has 0 aliphatic carbocycles. The molecular formula is C17H24N2O4. The topological polar surface area (TPSA) is 90.5 Å². The van der Waals surface area contributed by atoms with Gasteiger partial charge in [0.05, 0.1) is 0 Å². The molecule has 1 aromatic heterocycles. The normalized spacial score (nSPS) is 15.9. The zero-order valence-corrected chi connectivity index (χ0v) is 13.7. The van der Waals surface area contributed by atoms with Crippen LogP contribution in [-0.4, -0.2) is 40.0 Å². The zero-order chi connectivity index (χ0) is 17.0. The van der Waals surface area contributed by atoms with Crippen molar-refractivity contribution >= 4 is 11.9 Å². The maximum Gasteiger partial charge on any atom is 0.303 e. The lowest BCUT2D eigenvalue weighted by atomic mass is 9.93. The van der Waals surface area contributed by atoms with E-state index in [1.165, 1.54) is 6.07 Å².